The maximum Gasteiger partial charge on any atom is 0.129 e. The third-order valence-corrected chi connectivity index (χ3v) is 2.65. The molecule has 1 rings (SSSR count). The molecule has 0 saturated carbocycles. The lowest BCUT2D eigenvalue weighted by Crippen LogP contribution is -2.76. The molecule has 0 amide bonds. The highest BCUT2D eigenvalue weighted by atomic mass is 35.5. The molecule has 0 atom stereocenters. The standard InChI is InChI=1S/C12H15ClN2S.CH3Cl/c1-16-8-4-2-3-7-14-9-11-5-6-12(13)15-10-11;1-2/h2-7,10,14H,8-9H2,1H3;1H3/p+1/b4-2-,7-3-;. The fourth-order valence-electron chi connectivity index (χ4n) is 1.10. The van der Waals surface area contributed by atoms with Crippen LogP contribution in [-0.2, 0) is 6.54 Å². The van der Waals surface area contributed by atoms with Gasteiger partial charge < -0.3 is 5.32 Å². The Morgan fingerprint density at radius 1 is 1.33 bits per heavy atom. The van der Waals surface area contributed by atoms with Gasteiger partial charge in [-0.2, -0.15) is 11.8 Å². The monoisotopic (exact) mass is 305 g/mol. The van der Waals surface area contributed by atoms with E-state index in [9.17, 15) is 0 Å². The van der Waals surface area contributed by atoms with Crippen LogP contribution in [0, 0.1) is 0 Å². The topological polar surface area (TPSA) is 29.5 Å². The number of aromatic nitrogens is 1. The van der Waals surface area contributed by atoms with Crippen molar-refractivity contribution in [1.82, 2.24) is 4.98 Å². The van der Waals surface area contributed by atoms with Gasteiger partial charge in [0.05, 0.1) is 6.20 Å². The van der Waals surface area contributed by atoms with Crippen LogP contribution in [0.4, 0.5) is 0 Å². The fourth-order valence-corrected chi connectivity index (χ4v) is 1.52. The predicted molar refractivity (Wildman–Crippen MR) is 83.3 cm³/mol. The van der Waals surface area contributed by atoms with E-state index in [-0.39, 0.29) is 0 Å². The summed E-state index contributed by atoms with van der Waals surface area (Å²) in [5.41, 5.74) is 1.17. The lowest BCUT2D eigenvalue weighted by atomic mass is 10.3. The van der Waals surface area contributed by atoms with Gasteiger partial charge in [0.1, 0.15) is 11.7 Å². The summed E-state index contributed by atoms with van der Waals surface area (Å²) >= 11 is 12.1. The van der Waals surface area contributed by atoms with Crippen molar-refractivity contribution in [1.29, 1.82) is 0 Å². The average molecular weight is 306 g/mol. The molecule has 0 aliphatic heterocycles. The Kier molecular flexibility index (Phi) is 12.6. The van der Waals surface area contributed by atoms with Gasteiger partial charge in [0, 0.05) is 23.9 Å². The summed E-state index contributed by atoms with van der Waals surface area (Å²) < 4.78 is 0. The lowest BCUT2D eigenvalue weighted by Gasteiger charge is -1.95. The normalized spacial score (nSPS) is 10.7. The van der Waals surface area contributed by atoms with E-state index in [1.807, 2.05) is 36.2 Å². The number of nitrogens with two attached hydrogens (primary N) is 1. The van der Waals surface area contributed by atoms with Crippen molar-refractivity contribution in [3.05, 3.63) is 53.5 Å². The van der Waals surface area contributed by atoms with Crippen LogP contribution < -0.4 is 5.32 Å². The van der Waals surface area contributed by atoms with Gasteiger partial charge in [0.25, 0.3) is 0 Å². The van der Waals surface area contributed by atoms with Gasteiger partial charge in [-0.05, 0) is 24.5 Å². The zero-order valence-corrected chi connectivity index (χ0v) is 13.0. The first kappa shape index (κ1) is 17.5. The van der Waals surface area contributed by atoms with Gasteiger partial charge >= 0.3 is 0 Å². The summed E-state index contributed by atoms with van der Waals surface area (Å²) in [6.45, 7) is 0.886. The quantitative estimate of drug-likeness (QED) is 0.497. The number of halogens is 2. The van der Waals surface area contributed by atoms with Gasteiger partial charge in [0.2, 0.25) is 0 Å². The second-order valence-electron chi connectivity index (χ2n) is 3.20. The number of nitrogens with zero attached hydrogens (tertiary/aromatic N) is 1. The third kappa shape index (κ3) is 9.54. The number of quaternary nitrogens is 1. The number of rotatable bonds is 6. The zero-order valence-electron chi connectivity index (χ0n) is 10.6. The number of hydrogen-bond donors (Lipinski definition) is 1. The average Bonchev–Trinajstić information content (AvgIpc) is 2.42. The molecule has 0 aromatic carbocycles. The van der Waals surface area contributed by atoms with Crippen molar-refractivity contribution in [2.75, 3.05) is 18.4 Å². The van der Waals surface area contributed by atoms with Crippen LogP contribution in [0.3, 0.4) is 0 Å². The summed E-state index contributed by atoms with van der Waals surface area (Å²) in [7, 11) is 0. The number of alkyl halides is 1. The largest absolute Gasteiger partial charge is 0.316 e. The molecule has 0 radical (unpaired) electrons. The van der Waals surface area contributed by atoms with E-state index in [2.05, 4.69) is 40.3 Å². The summed E-state index contributed by atoms with van der Waals surface area (Å²) in [5.74, 6) is 1.06. The van der Waals surface area contributed by atoms with Crippen molar-refractivity contribution < 1.29 is 5.32 Å². The molecule has 2 nitrogen and oxygen atoms in total. The molecule has 0 fully saturated rings. The van der Waals surface area contributed by atoms with Gasteiger partial charge in [-0.1, -0.05) is 23.8 Å². The van der Waals surface area contributed by atoms with Gasteiger partial charge in [0.15, 0.2) is 0 Å². The van der Waals surface area contributed by atoms with E-state index in [0.29, 0.717) is 5.15 Å². The molecule has 0 aliphatic carbocycles. The fraction of sp³-hybridized carbons (Fsp3) is 0.308. The Morgan fingerprint density at radius 3 is 2.72 bits per heavy atom. The molecule has 0 bridgehead atoms. The molecule has 100 valence electrons. The summed E-state index contributed by atoms with van der Waals surface area (Å²) in [4.78, 5) is 4.02. The highest BCUT2D eigenvalue weighted by Crippen LogP contribution is 2.03. The Balaban J connectivity index is 0.00000137. The molecule has 18 heavy (non-hydrogen) atoms. The number of allylic oxidation sites excluding steroid dienone is 2. The summed E-state index contributed by atoms with van der Waals surface area (Å²) in [6, 6.07) is 3.80. The highest BCUT2D eigenvalue weighted by Gasteiger charge is 1.93. The van der Waals surface area contributed by atoms with Gasteiger partial charge in [-0.3, -0.25) is 0 Å². The van der Waals surface area contributed by atoms with Gasteiger partial charge in [-0.25, -0.2) is 4.98 Å². The number of pyridine rings is 1. The minimum atomic E-state index is 0.541. The van der Waals surface area contributed by atoms with Crippen molar-refractivity contribution in [2.24, 2.45) is 0 Å². The van der Waals surface area contributed by atoms with E-state index < -0.39 is 0 Å². The van der Waals surface area contributed by atoms with Crippen LogP contribution in [0.25, 0.3) is 0 Å². The molecule has 0 spiro atoms. The van der Waals surface area contributed by atoms with Gasteiger partial charge in [-0.15, -0.1) is 11.6 Å². The van der Waals surface area contributed by atoms with Crippen LogP contribution >= 0.6 is 35.0 Å². The minimum Gasteiger partial charge on any atom is -0.316 e. The molecule has 1 heterocycles. The first-order valence-corrected chi connectivity index (χ1v) is 7.98. The second-order valence-corrected chi connectivity index (χ2v) is 4.50. The van der Waals surface area contributed by atoms with E-state index >= 15 is 0 Å². The zero-order chi connectivity index (χ0) is 13.6. The van der Waals surface area contributed by atoms with Crippen LogP contribution in [0.2, 0.25) is 5.15 Å². The smallest absolute Gasteiger partial charge is 0.129 e. The number of thioether (sulfide) groups is 1. The van der Waals surface area contributed by atoms with Crippen LogP contribution in [0.5, 0.6) is 0 Å². The van der Waals surface area contributed by atoms with Crippen LogP contribution in [0.15, 0.2) is 42.8 Å². The Bertz CT molecular complexity index is 351. The summed E-state index contributed by atoms with van der Waals surface area (Å²) in [6.07, 6.45) is 13.7. The SMILES string of the molecule is CCl.CSC/C=C\C=C/[NH2+]Cc1ccc(Cl)nc1. The summed E-state index contributed by atoms with van der Waals surface area (Å²) in [5, 5.41) is 2.65. The molecule has 0 aliphatic rings. The lowest BCUT2D eigenvalue weighted by molar-refractivity contribution is -0.604. The Hall–Kier alpha value is -0.480. The number of hydrogen-bond acceptors (Lipinski definition) is 2. The molecular weight excluding hydrogens is 287 g/mol. The first-order chi connectivity index (χ1) is 8.83. The van der Waals surface area contributed by atoms with Crippen molar-refractivity contribution >= 4 is 35.0 Å². The first-order valence-electron chi connectivity index (χ1n) is 5.45. The van der Waals surface area contributed by atoms with Crippen molar-refractivity contribution in [3.8, 4) is 0 Å². The van der Waals surface area contributed by atoms with E-state index in [0.717, 1.165) is 12.3 Å². The molecule has 1 aromatic rings. The van der Waals surface area contributed by atoms with Crippen molar-refractivity contribution in [2.45, 2.75) is 6.54 Å². The highest BCUT2D eigenvalue weighted by molar-refractivity contribution is 7.98. The molecule has 0 unspecified atom stereocenters. The van der Waals surface area contributed by atoms with E-state index in [1.165, 1.54) is 11.9 Å². The molecule has 1 aromatic heterocycles. The van der Waals surface area contributed by atoms with Crippen LogP contribution in [0.1, 0.15) is 5.56 Å². The third-order valence-electron chi connectivity index (χ3n) is 1.90. The maximum atomic E-state index is 5.70. The molecule has 0 saturated heterocycles. The maximum absolute atomic E-state index is 5.70. The second kappa shape index (κ2) is 13.0. The van der Waals surface area contributed by atoms with Crippen LogP contribution in [-0.4, -0.2) is 23.4 Å². The minimum absolute atomic E-state index is 0.541. The molecule has 5 heteroatoms. The molecular formula is C13H19Cl2N2S+. The van der Waals surface area contributed by atoms with E-state index in [4.69, 9.17) is 11.6 Å². The van der Waals surface area contributed by atoms with Crippen molar-refractivity contribution in [3.63, 3.8) is 0 Å². The molecule has 2 N–H and O–H groups in total. The Morgan fingerprint density at radius 2 is 2.11 bits per heavy atom. The predicted octanol–water partition coefficient (Wildman–Crippen LogP) is 3.09. The Labute approximate surface area is 123 Å². The van der Waals surface area contributed by atoms with E-state index in [1.54, 1.807) is 6.20 Å².